The Kier molecular flexibility index (Phi) is 3.92. The molecule has 2 aliphatic rings. The monoisotopic (exact) mass is 355 g/mol. The Morgan fingerprint density at radius 3 is 2.72 bits per heavy atom. The summed E-state index contributed by atoms with van der Waals surface area (Å²) in [4.78, 5) is 11.4. The normalized spacial score (nSPS) is 23.5. The number of rotatable bonds is 3. The van der Waals surface area contributed by atoms with E-state index in [1.807, 2.05) is 12.1 Å². The maximum atomic E-state index is 11.4. The van der Waals surface area contributed by atoms with Gasteiger partial charge in [-0.1, -0.05) is 35.9 Å². The lowest BCUT2D eigenvalue weighted by atomic mass is 9.76. The first-order valence-corrected chi connectivity index (χ1v) is 8.60. The Hall–Kier alpha value is -2.46. The number of halogens is 1. The van der Waals surface area contributed by atoms with Gasteiger partial charge in [-0.05, 0) is 47.7 Å². The summed E-state index contributed by atoms with van der Waals surface area (Å²) in [5.41, 5.74) is 3.20. The lowest BCUT2D eigenvalue weighted by Crippen LogP contribution is -2.29. The predicted molar refractivity (Wildman–Crippen MR) is 97.8 cm³/mol. The quantitative estimate of drug-likeness (QED) is 0.771. The molecule has 0 bridgehead atoms. The zero-order valence-corrected chi connectivity index (χ0v) is 14.5. The van der Waals surface area contributed by atoms with Crippen molar-refractivity contribution in [3.8, 4) is 5.75 Å². The van der Waals surface area contributed by atoms with E-state index in [1.54, 1.807) is 13.2 Å². The SMILES string of the molecule is COc1ccc(C2Nc3c(Cl)cc(C(=O)O)cc3C3C=CCC32)cc1. The highest BCUT2D eigenvalue weighted by atomic mass is 35.5. The van der Waals surface area contributed by atoms with Gasteiger partial charge in [0.25, 0.3) is 0 Å². The smallest absolute Gasteiger partial charge is 0.335 e. The zero-order valence-electron chi connectivity index (χ0n) is 13.7. The van der Waals surface area contributed by atoms with Gasteiger partial charge in [-0.3, -0.25) is 0 Å². The number of allylic oxidation sites excluding steroid dienone is 2. The van der Waals surface area contributed by atoms with Crippen molar-refractivity contribution in [3.05, 3.63) is 70.3 Å². The number of carboxylic acid groups (broad SMARTS) is 1. The van der Waals surface area contributed by atoms with E-state index in [9.17, 15) is 9.90 Å². The van der Waals surface area contributed by atoms with Crippen LogP contribution in [0.2, 0.25) is 5.02 Å². The minimum atomic E-state index is -0.958. The van der Waals surface area contributed by atoms with E-state index in [4.69, 9.17) is 16.3 Å². The van der Waals surface area contributed by atoms with Gasteiger partial charge in [0.05, 0.1) is 29.4 Å². The summed E-state index contributed by atoms with van der Waals surface area (Å²) in [6.45, 7) is 0. The van der Waals surface area contributed by atoms with Crippen LogP contribution in [-0.4, -0.2) is 18.2 Å². The molecule has 4 nitrogen and oxygen atoms in total. The molecule has 1 aliphatic heterocycles. The second-order valence-corrected chi connectivity index (χ2v) is 6.88. The first kappa shape index (κ1) is 16.0. The number of carboxylic acids is 1. The average molecular weight is 356 g/mol. The van der Waals surface area contributed by atoms with Crippen LogP contribution < -0.4 is 10.1 Å². The largest absolute Gasteiger partial charge is 0.497 e. The zero-order chi connectivity index (χ0) is 17.6. The van der Waals surface area contributed by atoms with E-state index in [2.05, 4.69) is 29.6 Å². The van der Waals surface area contributed by atoms with E-state index in [-0.39, 0.29) is 17.5 Å². The Bertz CT molecular complexity index is 860. The number of hydrogen-bond donors (Lipinski definition) is 2. The van der Waals surface area contributed by atoms with E-state index in [0.29, 0.717) is 10.9 Å². The van der Waals surface area contributed by atoms with E-state index < -0.39 is 5.97 Å². The fourth-order valence-electron chi connectivity index (χ4n) is 3.92. The van der Waals surface area contributed by atoms with Crippen LogP contribution in [0, 0.1) is 5.92 Å². The molecular formula is C20H18ClNO3. The molecule has 2 aromatic rings. The van der Waals surface area contributed by atoms with Gasteiger partial charge in [-0.25, -0.2) is 4.79 Å². The van der Waals surface area contributed by atoms with Gasteiger partial charge in [0.15, 0.2) is 0 Å². The van der Waals surface area contributed by atoms with Crippen LogP contribution >= 0.6 is 11.6 Å². The van der Waals surface area contributed by atoms with Gasteiger partial charge >= 0.3 is 5.97 Å². The number of anilines is 1. The molecule has 25 heavy (non-hydrogen) atoms. The molecule has 128 valence electrons. The average Bonchev–Trinajstić information content (AvgIpc) is 3.11. The van der Waals surface area contributed by atoms with E-state index in [0.717, 1.165) is 23.4 Å². The Morgan fingerprint density at radius 2 is 2.04 bits per heavy atom. The fourth-order valence-corrected chi connectivity index (χ4v) is 4.20. The molecule has 1 aliphatic carbocycles. The molecular weight excluding hydrogens is 338 g/mol. The van der Waals surface area contributed by atoms with E-state index in [1.165, 1.54) is 11.6 Å². The van der Waals surface area contributed by atoms with Crippen molar-refractivity contribution in [1.29, 1.82) is 0 Å². The summed E-state index contributed by atoms with van der Waals surface area (Å²) in [6, 6.07) is 11.4. The minimum Gasteiger partial charge on any atom is -0.497 e. The first-order valence-electron chi connectivity index (χ1n) is 8.22. The van der Waals surface area contributed by atoms with Gasteiger partial charge in [0.2, 0.25) is 0 Å². The standard InChI is InChI=1S/C20H18ClNO3/c1-25-13-7-5-11(6-8-13)18-15-4-2-3-14(15)16-9-12(20(23)24)10-17(21)19(16)22-18/h2-3,5-10,14-15,18,22H,4H2,1H3,(H,23,24). The number of methoxy groups -OCH3 is 1. The van der Waals surface area contributed by atoms with Crippen molar-refractivity contribution in [2.75, 3.05) is 12.4 Å². The summed E-state index contributed by atoms with van der Waals surface area (Å²) < 4.78 is 5.24. The highest BCUT2D eigenvalue weighted by Gasteiger charge is 2.39. The van der Waals surface area contributed by atoms with Gasteiger partial charge < -0.3 is 15.2 Å². The summed E-state index contributed by atoms with van der Waals surface area (Å²) in [5.74, 6) is 0.367. The molecule has 0 amide bonds. The van der Waals surface area contributed by atoms with Crippen molar-refractivity contribution in [3.63, 3.8) is 0 Å². The number of ether oxygens (including phenoxy) is 1. The van der Waals surface area contributed by atoms with Gasteiger partial charge in [-0.15, -0.1) is 0 Å². The molecule has 0 spiro atoms. The van der Waals surface area contributed by atoms with E-state index >= 15 is 0 Å². The summed E-state index contributed by atoms with van der Waals surface area (Å²) in [7, 11) is 1.65. The van der Waals surface area contributed by atoms with Crippen LogP contribution in [0.5, 0.6) is 5.75 Å². The maximum absolute atomic E-state index is 11.4. The van der Waals surface area contributed by atoms with Crippen LogP contribution in [0.1, 0.15) is 39.9 Å². The molecule has 5 heteroatoms. The molecule has 1 heterocycles. The maximum Gasteiger partial charge on any atom is 0.335 e. The highest BCUT2D eigenvalue weighted by molar-refractivity contribution is 6.33. The Labute approximate surface area is 151 Å². The molecule has 0 saturated heterocycles. The number of hydrogen-bond acceptors (Lipinski definition) is 3. The molecule has 2 aromatic carbocycles. The number of benzene rings is 2. The van der Waals surface area contributed by atoms with Crippen molar-refractivity contribution < 1.29 is 14.6 Å². The van der Waals surface area contributed by atoms with Crippen molar-refractivity contribution >= 4 is 23.3 Å². The Balaban J connectivity index is 1.78. The lowest BCUT2D eigenvalue weighted by Gasteiger charge is -2.38. The lowest BCUT2D eigenvalue weighted by molar-refractivity contribution is 0.0696. The van der Waals surface area contributed by atoms with Crippen molar-refractivity contribution in [2.45, 2.75) is 18.4 Å². The first-order chi connectivity index (χ1) is 12.1. The van der Waals surface area contributed by atoms with Gasteiger partial charge in [0.1, 0.15) is 5.75 Å². The van der Waals surface area contributed by atoms with Gasteiger partial charge in [-0.2, -0.15) is 0 Å². The Morgan fingerprint density at radius 1 is 1.28 bits per heavy atom. The van der Waals surface area contributed by atoms with Crippen LogP contribution in [0.4, 0.5) is 5.69 Å². The van der Waals surface area contributed by atoms with Crippen molar-refractivity contribution in [2.24, 2.45) is 5.92 Å². The van der Waals surface area contributed by atoms with Crippen molar-refractivity contribution in [1.82, 2.24) is 0 Å². The fraction of sp³-hybridized carbons (Fsp3) is 0.250. The number of fused-ring (bicyclic) bond motifs is 3. The summed E-state index contributed by atoms with van der Waals surface area (Å²) in [5, 5.41) is 13.3. The van der Waals surface area contributed by atoms with Crippen LogP contribution in [0.3, 0.4) is 0 Å². The number of nitrogens with one attached hydrogen (secondary N) is 1. The van der Waals surface area contributed by atoms with Crippen LogP contribution in [0.25, 0.3) is 0 Å². The molecule has 0 aromatic heterocycles. The molecule has 4 rings (SSSR count). The number of aromatic carboxylic acids is 1. The molecule has 0 radical (unpaired) electrons. The summed E-state index contributed by atoms with van der Waals surface area (Å²) in [6.07, 6.45) is 5.29. The highest BCUT2D eigenvalue weighted by Crippen LogP contribution is 2.51. The third-order valence-electron chi connectivity index (χ3n) is 5.14. The molecule has 0 fully saturated rings. The predicted octanol–water partition coefficient (Wildman–Crippen LogP) is 4.87. The second-order valence-electron chi connectivity index (χ2n) is 6.48. The molecule has 0 saturated carbocycles. The van der Waals surface area contributed by atoms with Crippen LogP contribution in [0.15, 0.2) is 48.6 Å². The third kappa shape index (κ3) is 2.67. The molecule has 3 atom stereocenters. The van der Waals surface area contributed by atoms with Gasteiger partial charge in [0, 0.05) is 5.92 Å². The molecule has 3 unspecified atom stereocenters. The second kappa shape index (κ2) is 6.12. The number of carbonyl (C=O) groups is 1. The summed E-state index contributed by atoms with van der Waals surface area (Å²) >= 11 is 6.41. The topological polar surface area (TPSA) is 58.6 Å². The minimum absolute atomic E-state index is 0.117. The molecule has 2 N–H and O–H groups in total. The van der Waals surface area contributed by atoms with Crippen LogP contribution in [-0.2, 0) is 0 Å². The third-order valence-corrected chi connectivity index (χ3v) is 5.44.